The minimum Gasteiger partial charge on any atom is -0.578 e. The van der Waals surface area contributed by atoms with Gasteiger partial charge in [-0.05, 0) is 30.2 Å². The third-order valence-electron chi connectivity index (χ3n) is 4.33. The van der Waals surface area contributed by atoms with Gasteiger partial charge in [-0.1, -0.05) is 36.8 Å². The lowest BCUT2D eigenvalue weighted by Crippen LogP contribution is -2.43. The van der Waals surface area contributed by atoms with Crippen LogP contribution in [0.4, 0.5) is 0 Å². The third kappa shape index (κ3) is 3.24. The highest BCUT2D eigenvalue weighted by atomic mass is 16.3. The van der Waals surface area contributed by atoms with Crippen molar-refractivity contribution in [2.45, 2.75) is 25.7 Å². The molecule has 1 aromatic carbocycles. The van der Waals surface area contributed by atoms with Gasteiger partial charge in [0, 0.05) is 6.54 Å². The van der Waals surface area contributed by atoms with Crippen molar-refractivity contribution in [1.29, 1.82) is 0 Å². The monoisotopic (exact) mass is 298 g/mol. The molecular weight excluding hydrogens is 278 g/mol. The number of hydrogen-bond donors (Lipinski definition) is 1. The molecule has 0 radical (unpaired) electrons. The summed E-state index contributed by atoms with van der Waals surface area (Å²) in [5, 5.41) is 10.4. The van der Waals surface area contributed by atoms with Gasteiger partial charge < -0.3 is 10.4 Å². The molecule has 0 saturated heterocycles. The first-order chi connectivity index (χ1) is 10.7. The summed E-state index contributed by atoms with van der Waals surface area (Å²) in [4.78, 5) is 19.9. The average molecular weight is 298 g/mol. The predicted octanol–water partition coefficient (Wildman–Crippen LogP) is 2.06. The lowest BCUT2D eigenvalue weighted by Gasteiger charge is -2.42. The maximum atomic E-state index is 12.1. The van der Waals surface area contributed by atoms with E-state index >= 15 is 0 Å². The lowest BCUT2D eigenvalue weighted by atomic mass is 9.65. The Kier molecular flexibility index (Phi) is 4.04. The molecule has 22 heavy (non-hydrogen) atoms. The van der Waals surface area contributed by atoms with Crippen molar-refractivity contribution in [2.24, 2.45) is 5.41 Å². The molecule has 0 atom stereocenters. The topological polar surface area (TPSA) is 77.8 Å². The summed E-state index contributed by atoms with van der Waals surface area (Å²) < 4.78 is 0. The van der Waals surface area contributed by atoms with E-state index in [1.165, 1.54) is 24.4 Å². The summed E-state index contributed by atoms with van der Waals surface area (Å²) in [6.45, 7) is 0.643. The summed E-state index contributed by atoms with van der Waals surface area (Å²) in [6, 6.07) is 10.4. The smallest absolute Gasteiger partial charge is 0.376 e. The van der Waals surface area contributed by atoms with E-state index < -0.39 is 0 Å². The SMILES string of the molecule is O=C(NCC1(Cc2ccccc2)CCC1)c1cncc([OH2+])n1. The summed E-state index contributed by atoms with van der Waals surface area (Å²) in [6.07, 6.45) is 7.18. The van der Waals surface area contributed by atoms with Crippen LogP contribution >= 0.6 is 0 Å². The number of amides is 1. The maximum absolute atomic E-state index is 12.1. The Morgan fingerprint density at radius 3 is 2.64 bits per heavy atom. The molecule has 5 nitrogen and oxygen atoms in total. The fourth-order valence-electron chi connectivity index (χ4n) is 2.96. The highest BCUT2D eigenvalue weighted by molar-refractivity contribution is 5.92. The highest BCUT2D eigenvalue weighted by Gasteiger charge is 2.37. The number of nitrogens with zero attached hydrogens (tertiary/aromatic N) is 2. The normalized spacial score (nSPS) is 15.8. The summed E-state index contributed by atoms with van der Waals surface area (Å²) >= 11 is 0. The number of carbonyl (C=O) groups is 1. The van der Waals surface area contributed by atoms with Crippen LogP contribution in [0.3, 0.4) is 0 Å². The Labute approximate surface area is 129 Å². The van der Waals surface area contributed by atoms with E-state index in [0.717, 1.165) is 19.3 Å². The van der Waals surface area contributed by atoms with E-state index in [1.807, 2.05) is 6.07 Å². The minimum atomic E-state index is -0.249. The Morgan fingerprint density at radius 2 is 2.00 bits per heavy atom. The molecule has 114 valence electrons. The molecule has 0 aliphatic heterocycles. The largest absolute Gasteiger partial charge is 0.578 e. The van der Waals surface area contributed by atoms with Crippen molar-refractivity contribution in [3.05, 3.63) is 54.0 Å². The van der Waals surface area contributed by atoms with E-state index in [0.29, 0.717) is 6.54 Å². The van der Waals surface area contributed by atoms with Crippen molar-refractivity contribution >= 4 is 5.91 Å². The number of nitrogens with one attached hydrogen (secondary N) is 1. The molecule has 1 fully saturated rings. The van der Waals surface area contributed by atoms with Crippen LogP contribution in [-0.2, 0) is 6.42 Å². The quantitative estimate of drug-likeness (QED) is 0.858. The zero-order valence-electron chi connectivity index (χ0n) is 12.4. The number of benzene rings is 1. The van der Waals surface area contributed by atoms with Crippen LogP contribution in [0.25, 0.3) is 0 Å². The maximum Gasteiger partial charge on any atom is 0.376 e. The minimum absolute atomic E-state index is 0.00953. The van der Waals surface area contributed by atoms with Crippen molar-refractivity contribution in [2.75, 3.05) is 6.54 Å². The summed E-state index contributed by atoms with van der Waals surface area (Å²) in [5.41, 5.74) is 1.68. The van der Waals surface area contributed by atoms with Crippen LogP contribution in [-0.4, -0.2) is 27.5 Å². The molecule has 1 aliphatic rings. The number of hydrogen-bond acceptors (Lipinski definition) is 3. The summed E-state index contributed by atoms with van der Waals surface area (Å²) in [5.74, 6) is -0.240. The standard InChI is InChI=1S/C17H19N3O2/c21-15-11-18-10-14(20-15)16(22)19-12-17(7-4-8-17)9-13-5-2-1-3-6-13/h1-3,5-6,10-11H,4,7-9,12H2,(H,19,22)(H,20,21)/p+1. The van der Waals surface area contributed by atoms with Crippen LogP contribution in [0.2, 0.25) is 0 Å². The molecular formula is C17H20N3O2+. The van der Waals surface area contributed by atoms with Crippen LogP contribution in [0, 0.1) is 5.41 Å². The van der Waals surface area contributed by atoms with Crippen molar-refractivity contribution in [3.63, 3.8) is 0 Å². The predicted molar refractivity (Wildman–Crippen MR) is 83.9 cm³/mol. The first-order valence-electron chi connectivity index (χ1n) is 7.53. The molecule has 1 aliphatic carbocycles. The van der Waals surface area contributed by atoms with Crippen LogP contribution in [0.1, 0.15) is 35.3 Å². The van der Waals surface area contributed by atoms with Crippen molar-refractivity contribution in [3.8, 4) is 5.88 Å². The number of carbonyl (C=O) groups excluding carboxylic acids is 1. The first-order valence-corrected chi connectivity index (χ1v) is 7.53. The fourth-order valence-corrected chi connectivity index (χ4v) is 2.96. The zero-order chi connectivity index (χ0) is 15.4. The van der Waals surface area contributed by atoms with Gasteiger partial charge in [-0.3, -0.25) is 9.78 Å². The lowest BCUT2D eigenvalue weighted by molar-refractivity contribution is 0.0854. The van der Waals surface area contributed by atoms with Crippen molar-refractivity contribution < 1.29 is 9.90 Å². The Hall–Kier alpha value is -2.43. The number of rotatable bonds is 5. The van der Waals surface area contributed by atoms with Gasteiger partial charge in [-0.15, -0.1) is 0 Å². The zero-order valence-corrected chi connectivity index (χ0v) is 12.4. The van der Waals surface area contributed by atoms with E-state index in [-0.39, 0.29) is 22.9 Å². The molecule has 0 spiro atoms. The molecule has 1 amide bonds. The first kappa shape index (κ1) is 14.5. The third-order valence-corrected chi connectivity index (χ3v) is 4.33. The van der Waals surface area contributed by atoms with E-state index in [1.54, 1.807) is 0 Å². The molecule has 0 unspecified atom stereocenters. The Morgan fingerprint density at radius 1 is 1.23 bits per heavy atom. The molecule has 0 bridgehead atoms. The van der Waals surface area contributed by atoms with Crippen LogP contribution in [0.15, 0.2) is 42.7 Å². The molecule has 1 saturated carbocycles. The summed E-state index contributed by atoms with van der Waals surface area (Å²) in [7, 11) is 0. The van der Waals surface area contributed by atoms with Gasteiger partial charge in [0.15, 0.2) is 5.69 Å². The van der Waals surface area contributed by atoms with E-state index in [9.17, 15) is 4.79 Å². The fraction of sp³-hybridized carbons (Fsp3) is 0.353. The molecule has 3 N–H and O–H groups in total. The second-order valence-corrected chi connectivity index (χ2v) is 5.99. The van der Waals surface area contributed by atoms with E-state index in [4.69, 9.17) is 5.11 Å². The van der Waals surface area contributed by atoms with Gasteiger partial charge in [-0.2, -0.15) is 4.98 Å². The molecule has 3 rings (SSSR count). The second kappa shape index (κ2) is 6.13. The second-order valence-electron chi connectivity index (χ2n) is 5.99. The Balaban J connectivity index is 1.62. The van der Waals surface area contributed by atoms with Crippen molar-refractivity contribution in [1.82, 2.24) is 15.3 Å². The highest BCUT2D eigenvalue weighted by Crippen LogP contribution is 2.43. The van der Waals surface area contributed by atoms with Gasteiger partial charge in [0.05, 0.1) is 6.20 Å². The van der Waals surface area contributed by atoms with Crippen LogP contribution in [0.5, 0.6) is 5.88 Å². The molecule has 1 aromatic heterocycles. The van der Waals surface area contributed by atoms with E-state index in [2.05, 4.69) is 39.6 Å². The molecule has 1 heterocycles. The van der Waals surface area contributed by atoms with Gasteiger partial charge in [0.2, 0.25) is 0 Å². The Bertz CT molecular complexity index is 654. The van der Waals surface area contributed by atoms with Gasteiger partial charge in [0.25, 0.3) is 5.91 Å². The molecule has 2 aromatic rings. The van der Waals surface area contributed by atoms with Crippen LogP contribution < -0.4 is 5.32 Å². The van der Waals surface area contributed by atoms with Gasteiger partial charge >= 0.3 is 5.88 Å². The molecule has 5 heteroatoms. The average Bonchev–Trinajstić information content (AvgIpc) is 2.50. The number of aromatic nitrogens is 2. The van der Waals surface area contributed by atoms with Gasteiger partial charge in [-0.25, -0.2) is 0 Å². The van der Waals surface area contributed by atoms with Gasteiger partial charge in [0.1, 0.15) is 6.20 Å².